The second-order valence-corrected chi connectivity index (χ2v) is 4.76. The van der Waals surface area contributed by atoms with Gasteiger partial charge in [0.25, 0.3) is 0 Å². The van der Waals surface area contributed by atoms with Gasteiger partial charge in [-0.3, -0.25) is 4.79 Å². The lowest BCUT2D eigenvalue weighted by Gasteiger charge is -2.13. The number of carbonyl (C=O) groups excluding carboxylic acids is 1. The second-order valence-electron chi connectivity index (χ2n) is 4.76. The maximum Gasteiger partial charge on any atom is 0.222 e. The topological polar surface area (TPSA) is 32.3 Å². The Balaban J connectivity index is 2.40. The van der Waals surface area contributed by atoms with E-state index < -0.39 is 0 Å². The predicted molar refractivity (Wildman–Crippen MR) is 72.3 cm³/mol. The monoisotopic (exact) mass is 234 g/mol. The Morgan fingerprint density at radius 2 is 1.82 bits per heavy atom. The second kappa shape index (κ2) is 6.28. The minimum absolute atomic E-state index is 0.0612. The normalized spacial score (nSPS) is 10.4. The van der Waals surface area contributed by atoms with E-state index in [2.05, 4.69) is 34.5 Å². The Labute approximate surface area is 104 Å². The molecule has 0 radical (unpaired) electrons. The summed E-state index contributed by atoms with van der Waals surface area (Å²) in [5.41, 5.74) is 2.44. The molecule has 0 aliphatic heterocycles. The van der Waals surface area contributed by atoms with Crippen LogP contribution in [0.4, 0.5) is 5.69 Å². The van der Waals surface area contributed by atoms with E-state index in [-0.39, 0.29) is 11.8 Å². The summed E-state index contributed by atoms with van der Waals surface area (Å²) < 4.78 is 0. The van der Waals surface area contributed by atoms with Crippen LogP contribution in [-0.4, -0.2) is 26.5 Å². The summed E-state index contributed by atoms with van der Waals surface area (Å²) in [6.07, 6.45) is 0.881. The van der Waals surface area contributed by atoms with Crippen LogP contribution in [0.15, 0.2) is 24.3 Å². The lowest BCUT2D eigenvalue weighted by atomic mass is 10.1. The van der Waals surface area contributed by atoms with Gasteiger partial charge in [0.1, 0.15) is 0 Å². The predicted octanol–water partition coefficient (Wildman–Crippen LogP) is 2.07. The van der Waals surface area contributed by atoms with E-state index >= 15 is 0 Å². The van der Waals surface area contributed by atoms with Crippen molar-refractivity contribution in [2.45, 2.75) is 20.3 Å². The van der Waals surface area contributed by atoms with Gasteiger partial charge < -0.3 is 10.2 Å². The summed E-state index contributed by atoms with van der Waals surface area (Å²) in [5, 5.41) is 2.92. The largest absolute Gasteiger partial charge is 0.378 e. The first-order chi connectivity index (χ1) is 8.00. The summed E-state index contributed by atoms with van der Waals surface area (Å²) in [7, 11) is 4.05. The van der Waals surface area contributed by atoms with E-state index in [1.54, 1.807) is 0 Å². The number of nitrogens with zero attached hydrogens (tertiary/aromatic N) is 1. The molecule has 0 aliphatic rings. The summed E-state index contributed by atoms with van der Waals surface area (Å²) in [4.78, 5) is 13.4. The Morgan fingerprint density at radius 1 is 1.24 bits per heavy atom. The minimum atomic E-state index is 0.0612. The zero-order valence-corrected chi connectivity index (χ0v) is 11.2. The highest BCUT2D eigenvalue weighted by Gasteiger charge is 2.05. The number of rotatable bonds is 5. The molecule has 1 aromatic rings. The Morgan fingerprint density at radius 3 is 2.29 bits per heavy atom. The molecule has 0 saturated heterocycles. The molecule has 3 nitrogen and oxygen atoms in total. The smallest absolute Gasteiger partial charge is 0.222 e. The number of amides is 1. The molecule has 0 spiro atoms. The Kier molecular flexibility index (Phi) is 5.01. The van der Waals surface area contributed by atoms with Gasteiger partial charge >= 0.3 is 0 Å². The van der Waals surface area contributed by atoms with E-state index in [4.69, 9.17) is 0 Å². The van der Waals surface area contributed by atoms with Gasteiger partial charge in [0.15, 0.2) is 0 Å². The molecule has 0 bridgehead atoms. The molecule has 1 amide bonds. The van der Waals surface area contributed by atoms with E-state index in [0.29, 0.717) is 6.54 Å². The first-order valence-corrected chi connectivity index (χ1v) is 6.04. The Bertz CT molecular complexity index is 355. The number of benzene rings is 1. The van der Waals surface area contributed by atoms with E-state index in [1.807, 2.05) is 27.9 Å². The van der Waals surface area contributed by atoms with Crippen LogP contribution in [0.2, 0.25) is 0 Å². The van der Waals surface area contributed by atoms with Gasteiger partial charge in [-0.1, -0.05) is 26.0 Å². The van der Waals surface area contributed by atoms with Crippen molar-refractivity contribution in [2.75, 3.05) is 25.5 Å². The molecule has 1 rings (SSSR count). The van der Waals surface area contributed by atoms with Crippen molar-refractivity contribution in [3.05, 3.63) is 29.8 Å². The van der Waals surface area contributed by atoms with Crippen LogP contribution in [-0.2, 0) is 11.2 Å². The van der Waals surface area contributed by atoms with Crippen molar-refractivity contribution in [3.63, 3.8) is 0 Å². The van der Waals surface area contributed by atoms with Crippen LogP contribution in [0, 0.1) is 5.92 Å². The molecular formula is C14H22N2O. The van der Waals surface area contributed by atoms with Gasteiger partial charge in [0, 0.05) is 32.2 Å². The van der Waals surface area contributed by atoms with Crippen LogP contribution in [0.5, 0.6) is 0 Å². The molecule has 1 N–H and O–H groups in total. The molecule has 0 heterocycles. The quantitative estimate of drug-likeness (QED) is 0.846. The first kappa shape index (κ1) is 13.6. The highest BCUT2D eigenvalue weighted by molar-refractivity contribution is 5.77. The molecule has 0 fully saturated rings. The number of nitrogens with one attached hydrogen (secondary N) is 1. The standard InChI is InChI=1S/C14H22N2O/c1-11(2)14(17)15-10-9-12-5-7-13(8-6-12)16(3)4/h5-8,11H,9-10H2,1-4H3,(H,15,17). The van der Waals surface area contributed by atoms with Crippen molar-refractivity contribution in [1.29, 1.82) is 0 Å². The number of hydrogen-bond donors (Lipinski definition) is 1. The fourth-order valence-corrected chi connectivity index (χ4v) is 1.49. The third-order valence-corrected chi connectivity index (χ3v) is 2.69. The molecular weight excluding hydrogens is 212 g/mol. The van der Waals surface area contributed by atoms with Crippen LogP contribution >= 0.6 is 0 Å². The lowest BCUT2D eigenvalue weighted by Crippen LogP contribution is -2.29. The van der Waals surface area contributed by atoms with Crippen LogP contribution in [0.3, 0.4) is 0 Å². The van der Waals surface area contributed by atoms with E-state index in [0.717, 1.165) is 6.42 Å². The number of hydrogen-bond acceptors (Lipinski definition) is 2. The fraction of sp³-hybridized carbons (Fsp3) is 0.500. The summed E-state index contributed by atoms with van der Waals surface area (Å²) in [6.45, 7) is 4.51. The third kappa shape index (κ3) is 4.47. The maximum absolute atomic E-state index is 11.4. The van der Waals surface area contributed by atoms with Gasteiger partial charge in [0.05, 0.1) is 0 Å². The summed E-state index contributed by atoms with van der Waals surface area (Å²) in [5.74, 6) is 0.182. The molecule has 0 atom stereocenters. The van der Waals surface area contributed by atoms with Gasteiger partial charge in [-0.05, 0) is 24.1 Å². The lowest BCUT2D eigenvalue weighted by molar-refractivity contribution is -0.123. The molecule has 17 heavy (non-hydrogen) atoms. The molecule has 3 heteroatoms. The highest BCUT2D eigenvalue weighted by Crippen LogP contribution is 2.12. The first-order valence-electron chi connectivity index (χ1n) is 6.04. The number of anilines is 1. The zero-order chi connectivity index (χ0) is 12.8. The third-order valence-electron chi connectivity index (χ3n) is 2.69. The van der Waals surface area contributed by atoms with Gasteiger partial charge in [-0.2, -0.15) is 0 Å². The molecule has 0 aromatic heterocycles. The maximum atomic E-state index is 11.4. The molecule has 94 valence electrons. The molecule has 0 aliphatic carbocycles. The Hall–Kier alpha value is -1.51. The van der Waals surface area contributed by atoms with Crippen molar-refractivity contribution >= 4 is 11.6 Å². The molecule has 0 unspecified atom stereocenters. The summed E-state index contributed by atoms with van der Waals surface area (Å²) in [6, 6.07) is 8.41. The molecule has 0 saturated carbocycles. The van der Waals surface area contributed by atoms with Gasteiger partial charge in [0.2, 0.25) is 5.91 Å². The van der Waals surface area contributed by atoms with Crippen molar-refractivity contribution < 1.29 is 4.79 Å². The van der Waals surface area contributed by atoms with Crippen molar-refractivity contribution in [2.24, 2.45) is 5.92 Å². The van der Waals surface area contributed by atoms with Crippen molar-refractivity contribution in [3.8, 4) is 0 Å². The highest BCUT2D eigenvalue weighted by atomic mass is 16.1. The van der Waals surface area contributed by atoms with Gasteiger partial charge in [-0.25, -0.2) is 0 Å². The number of carbonyl (C=O) groups is 1. The van der Waals surface area contributed by atoms with Crippen LogP contribution in [0.1, 0.15) is 19.4 Å². The van der Waals surface area contributed by atoms with E-state index in [1.165, 1.54) is 11.3 Å². The van der Waals surface area contributed by atoms with Crippen molar-refractivity contribution in [1.82, 2.24) is 5.32 Å². The van der Waals surface area contributed by atoms with E-state index in [9.17, 15) is 4.79 Å². The summed E-state index contributed by atoms with van der Waals surface area (Å²) >= 11 is 0. The average molecular weight is 234 g/mol. The molecule has 1 aromatic carbocycles. The van der Waals surface area contributed by atoms with Crippen LogP contribution in [0.25, 0.3) is 0 Å². The fourth-order valence-electron chi connectivity index (χ4n) is 1.49. The SMILES string of the molecule is CC(C)C(=O)NCCc1ccc(N(C)C)cc1. The average Bonchev–Trinajstić information content (AvgIpc) is 2.29. The zero-order valence-electron chi connectivity index (χ0n) is 11.2. The minimum Gasteiger partial charge on any atom is -0.378 e. The van der Waals surface area contributed by atoms with Gasteiger partial charge in [-0.15, -0.1) is 0 Å². The van der Waals surface area contributed by atoms with Crippen LogP contribution < -0.4 is 10.2 Å².